The molecule has 0 unspecified atom stereocenters. The predicted molar refractivity (Wildman–Crippen MR) is 179 cm³/mol. The van der Waals surface area contributed by atoms with Crippen molar-refractivity contribution < 1.29 is 0 Å². The quantitative estimate of drug-likeness (QED) is 0.239. The van der Waals surface area contributed by atoms with Crippen LogP contribution in [-0.4, -0.2) is 0 Å². The molecule has 0 N–H and O–H groups in total. The molecule has 0 radical (unpaired) electrons. The molecule has 0 spiro atoms. The van der Waals surface area contributed by atoms with Crippen LogP contribution in [0.25, 0.3) is 0 Å². The summed E-state index contributed by atoms with van der Waals surface area (Å²) >= 11 is 0. The van der Waals surface area contributed by atoms with Gasteiger partial charge in [0, 0.05) is 0 Å². The summed E-state index contributed by atoms with van der Waals surface area (Å²) in [6, 6.07) is 0. The highest BCUT2D eigenvalue weighted by Gasteiger charge is 2.03. The molecule has 0 bridgehead atoms. The second kappa shape index (κ2) is 42.1. The molecule has 0 aromatic carbocycles. The average Bonchev–Trinajstić information content (AvgIpc) is 2.82. The molecule has 0 nitrogen and oxygen atoms in total. The Hall–Kier alpha value is 0. The van der Waals surface area contributed by atoms with E-state index >= 15 is 0 Å². The fourth-order valence-electron chi connectivity index (χ4n) is 1.87. The monoisotopic (exact) mass is 517 g/mol. The van der Waals surface area contributed by atoms with Gasteiger partial charge in [-0.05, 0) is 29.1 Å². The average molecular weight is 517 g/mol. The van der Waals surface area contributed by atoms with Crippen molar-refractivity contribution >= 4 is 0 Å². The van der Waals surface area contributed by atoms with Gasteiger partial charge in [-0.25, -0.2) is 0 Å². The van der Waals surface area contributed by atoms with E-state index in [0.29, 0.717) is 5.41 Å². The molecular weight excluding hydrogens is 432 g/mol. The van der Waals surface area contributed by atoms with Gasteiger partial charge in [0.25, 0.3) is 0 Å². The first-order valence-corrected chi connectivity index (χ1v) is 16.6. The SMILES string of the molecule is CC(C)C(C)C.CCC(C)(C)C.CCC(C)CC.CCCC(C)C.CCCCCC.CCCCCC. The summed E-state index contributed by atoms with van der Waals surface area (Å²) in [5, 5.41) is 0. The van der Waals surface area contributed by atoms with Gasteiger partial charge in [0.05, 0.1) is 0 Å². The van der Waals surface area contributed by atoms with Crippen LogP contribution in [0.15, 0.2) is 0 Å². The first-order valence-electron chi connectivity index (χ1n) is 16.6. The molecule has 0 aliphatic rings. The van der Waals surface area contributed by atoms with Gasteiger partial charge in [-0.15, -0.1) is 0 Å². The molecular formula is C36H84. The van der Waals surface area contributed by atoms with Crippen LogP contribution in [-0.2, 0) is 0 Å². The summed E-state index contributed by atoms with van der Waals surface area (Å²) < 4.78 is 0. The van der Waals surface area contributed by atoms with Crippen LogP contribution in [0.3, 0.4) is 0 Å². The van der Waals surface area contributed by atoms with Gasteiger partial charge in [-0.1, -0.05) is 208 Å². The highest BCUT2D eigenvalue weighted by molar-refractivity contribution is 4.55. The van der Waals surface area contributed by atoms with E-state index in [1.165, 1.54) is 83.5 Å². The molecule has 0 amide bonds. The maximum atomic E-state index is 2.28. The van der Waals surface area contributed by atoms with Crippen LogP contribution in [0.2, 0.25) is 0 Å². The summed E-state index contributed by atoms with van der Waals surface area (Å²) in [5.41, 5.74) is 0.542. The first-order chi connectivity index (χ1) is 16.6. The van der Waals surface area contributed by atoms with E-state index in [9.17, 15) is 0 Å². The van der Waals surface area contributed by atoms with Crippen LogP contribution >= 0.6 is 0 Å². The van der Waals surface area contributed by atoms with Crippen molar-refractivity contribution in [3.05, 3.63) is 0 Å². The van der Waals surface area contributed by atoms with Gasteiger partial charge in [0.2, 0.25) is 0 Å². The predicted octanol–water partition coefficient (Wildman–Crippen LogP) is 14.8. The smallest absolute Gasteiger partial charge is 0.0385 e. The Kier molecular flexibility index (Phi) is 57.3. The molecule has 228 valence electrons. The van der Waals surface area contributed by atoms with E-state index < -0.39 is 0 Å². The minimum absolute atomic E-state index is 0.542. The van der Waals surface area contributed by atoms with Crippen LogP contribution in [0.1, 0.15) is 208 Å². The van der Waals surface area contributed by atoms with E-state index in [2.05, 4.69) is 125 Å². The maximum Gasteiger partial charge on any atom is -0.0385 e. The number of unbranched alkanes of at least 4 members (excludes halogenated alkanes) is 6. The number of hydrogen-bond donors (Lipinski definition) is 0. The van der Waals surface area contributed by atoms with Crippen LogP contribution in [0.5, 0.6) is 0 Å². The van der Waals surface area contributed by atoms with E-state index in [1.807, 2.05) is 0 Å². The molecule has 0 aromatic rings. The van der Waals surface area contributed by atoms with Crippen molar-refractivity contribution in [2.75, 3.05) is 0 Å². The zero-order valence-electron chi connectivity index (χ0n) is 30.0. The third-order valence-corrected chi connectivity index (χ3v) is 6.57. The zero-order chi connectivity index (χ0) is 30.0. The Balaban J connectivity index is -0.0000000750. The van der Waals surface area contributed by atoms with Gasteiger partial charge < -0.3 is 0 Å². The van der Waals surface area contributed by atoms with Gasteiger partial charge >= 0.3 is 0 Å². The van der Waals surface area contributed by atoms with E-state index in [-0.39, 0.29) is 0 Å². The fraction of sp³-hybridized carbons (Fsp3) is 1.00. The largest absolute Gasteiger partial charge is 0.0654 e. The Labute approximate surface area is 237 Å². The highest BCUT2D eigenvalue weighted by atomic mass is 14.1. The van der Waals surface area contributed by atoms with Crippen molar-refractivity contribution in [3.8, 4) is 0 Å². The molecule has 0 aromatic heterocycles. The third kappa shape index (κ3) is 92.6. The standard InChI is InChI=1S/6C6H14/c1-5-6(2,3)4;1-5(2)6(3)4;1-4-5-6(2)3;1-4-6(3)5-2;2*1-3-5-6-4-2/h5H2,1-4H3;5-6H,1-4H3;2*6H,4-5H2,1-3H3;2*3-6H2,1-2H3. The number of rotatable bonds is 11. The zero-order valence-corrected chi connectivity index (χ0v) is 30.0. The summed E-state index contributed by atoms with van der Waals surface area (Å²) in [6.45, 7) is 40.3. The maximum absolute atomic E-state index is 2.28. The molecule has 0 heteroatoms. The summed E-state index contributed by atoms with van der Waals surface area (Å²) in [7, 11) is 0. The molecule has 0 atom stereocenters. The lowest BCUT2D eigenvalue weighted by molar-refractivity contribution is 0.398. The number of hydrogen-bond acceptors (Lipinski definition) is 0. The second-order valence-corrected chi connectivity index (χ2v) is 12.9. The van der Waals surface area contributed by atoms with Crippen LogP contribution < -0.4 is 0 Å². The summed E-state index contributed by atoms with van der Waals surface area (Å²) in [4.78, 5) is 0. The lowest BCUT2D eigenvalue weighted by Crippen LogP contribution is -2.00. The molecule has 0 heterocycles. The van der Waals surface area contributed by atoms with E-state index in [4.69, 9.17) is 0 Å². The van der Waals surface area contributed by atoms with E-state index in [1.54, 1.807) is 0 Å². The minimum atomic E-state index is 0.542. The Bertz CT molecular complexity index is 266. The topological polar surface area (TPSA) is 0 Å². The molecule has 0 aliphatic carbocycles. The van der Waals surface area contributed by atoms with Gasteiger partial charge in [-0.3, -0.25) is 0 Å². The van der Waals surface area contributed by atoms with Gasteiger partial charge in [-0.2, -0.15) is 0 Å². The molecule has 0 saturated heterocycles. The lowest BCUT2D eigenvalue weighted by Gasteiger charge is -2.12. The van der Waals surface area contributed by atoms with Gasteiger partial charge in [0.15, 0.2) is 0 Å². The van der Waals surface area contributed by atoms with Crippen molar-refractivity contribution in [1.29, 1.82) is 0 Å². The third-order valence-electron chi connectivity index (χ3n) is 6.57. The highest BCUT2D eigenvalue weighted by Crippen LogP contribution is 2.16. The van der Waals surface area contributed by atoms with Crippen molar-refractivity contribution in [1.82, 2.24) is 0 Å². The molecule has 0 saturated carbocycles. The Morgan fingerprint density at radius 1 is 0.444 bits per heavy atom. The lowest BCUT2D eigenvalue weighted by atomic mass is 9.94. The minimum Gasteiger partial charge on any atom is -0.0654 e. The van der Waals surface area contributed by atoms with E-state index in [0.717, 1.165) is 23.7 Å². The van der Waals surface area contributed by atoms with Crippen molar-refractivity contribution in [2.45, 2.75) is 208 Å². The first kappa shape index (κ1) is 49.0. The molecule has 36 heavy (non-hydrogen) atoms. The summed E-state index contributed by atoms with van der Waals surface area (Å²) in [5.74, 6) is 3.54. The van der Waals surface area contributed by atoms with Crippen LogP contribution in [0.4, 0.5) is 0 Å². The summed E-state index contributed by atoms with van der Waals surface area (Å²) in [6.07, 6.45) is 17.7. The molecule has 0 rings (SSSR count). The van der Waals surface area contributed by atoms with Crippen molar-refractivity contribution in [2.24, 2.45) is 29.1 Å². The van der Waals surface area contributed by atoms with Gasteiger partial charge in [0.1, 0.15) is 0 Å². The second-order valence-electron chi connectivity index (χ2n) is 12.9. The Morgan fingerprint density at radius 3 is 0.722 bits per heavy atom. The van der Waals surface area contributed by atoms with Crippen LogP contribution in [0, 0.1) is 29.1 Å². The Morgan fingerprint density at radius 2 is 0.694 bits per heavy atom. The molecule has 0 fully saturated rings. The fourth-order valence-corrected chi connectivity index (χ4v) is 1.87. The molecule has 0 aliphatic heterocycles. The van der Waals surface area contributed by atoms with Crippen molar-refractivity contribution in [3.63, 3.8) is 0 Å². The normalized spacial score (nSPS) is 10.2.